The number of benzene rings is 2. The van der Waals surface area contributed by atoms with E-state index in [0.29, 0.717) is 5.75 Å². The highest BCUT2D eigenvalue weighted by molar-refractivity contribution is 6.00. The number of phenolic OH excluding ortho intramolecular Hbond substituents is 1. The summed E-state index contributed by atoms with van der Waals surface area (Å²) in [5, 5.41) is 9.63. The summed E-state index contributed by atoms with van der Waals surface area (Å²) in [7, 11) is 1.42. The van der Waals surface area contributed by atoms with Crippen LogP contribution >= 0.6 is 0 Å². The zero-order chi connectivity index (χ0) is 16.1. The average Bonchev–Trinajstić information content (AvgIpc) is 2.53. The molecule has 5 nitrogen and oxygen atoms in total. The topological polar surface area (TPSA) is 72.8 Å². The molecule has 0 saturated carbocycles. The van der Waals surface area contributed by atoms with E-state index in [1.807, 2.05) is 0 Å². The molecule has 0 saturated heterocycles. The van der Waals surface area contributed by atoms with Gasteiger partial charge in [0, 0.05) is 5.56 Å². The minimum absolute atomic E-state index is 0.105. The third-order valence-electron chi connectivity index (χ3n) is 2.92. The number of rotatable bonds is 5. The standard InChI is InChI=1S/C16H13FO5/c1-21-12-6-7-14(18)13(8-12)16(20)22-9-15(19)10-2-4-11(17)5-3-10/h2-8,18H,9H2,1H3. The molecule has 0 heterocycles. The van der Waals surface area contributed by atoms with Gasteiger partial charge in [0.25, 0.3) is 0 Å². The van der Waals surface area contributed by atoms with Gasteiger partial charge in [0.05, 0.1) is 7.11 Å². The number of hydrogen-bond donors (Lipinski definition) is 1. The molecule has 0 amide bonds. The number of ether oxygens (including phenoxy) is 2. The van der Waals surface area contributed by atoms with Crippen molar-refractivity contribution in [2.24, 2.45) is 0 Å². The van der Waals surface area contributed by atoms with Crippen molar-refractivity contribution in [3.05, 3.63) is 59.4 Å². The number of aromatic hydroxyl groups is 1. The fourth-order valence-corrected chi connectivity index (χ4v) is 1.73. The van der Waals surface area contributed by atoms with Crippen LogP contribution in [0.2, 0.25) is 0 Å². The van der Waals surface area contributed by atoms with E-state index in [0.717, 1.165) is 12.1 Å². The van der Waals surface area contributed by atoms with Gasteiger partial charge in [-0.2, -0.15) is 0 Å². The summed E-state index contributed by atoms with van der Waals surface area (Å²) in [6.45, 7) is -0.513. The molecule has 0 aliphatic carbocycles. The number of carbonyl (C=O) groups excluding carboxylic acids is 2. The maximum absolute atomic E-state index is 12.8. The monoisotopic (exact) mass is 304 g/mol. The molecule has 1 N–H and O–H groups in total. The van der Waals surface area contributed by atoms with Crippen molar-refractivity contribution in [2.45, 2.75) is 0 Å². The number of hydrogen-bond acceptors (Lipinski definition) is 5. The molecule has 6 heteroatoms. The van der Waals surface area contributed by atoms with Crippen LogP contribution in [0.4, 0.5) is 4.39 Å². The van der Waals surface area contributed by atoms with Gasteiger partial charge in [0.15, 0.2) is 12.4 Å². The lowest BCUT2D eigenvalue weighted by atomic mass is 10.1. The van der Waals surface area contributed by atoms with Crippen molar-refractivity contribution in [2.75, 3.05) is 13.7 Å². The van der Waals surface area contributed by atoms with Gasteiger partial charge in [0.2, 0.25) is 0 Å². The summed E-state index contributed by atoms with van der Waals surface area (Å²) in [4.78, 5) is 23.7. The maximum atomic E-state index is 12.8. The number of esters is 1. The molecular formula is C16H13FO5. The van der Waals surface area contributed by atoms with Crippen LogP contribution in [0.1, 0.15) is 20.7 Å². The molecular weight excluding hydrogens is 291 g/mol. The lowest BCUT2D eigenvalue weighted by molar-refractivity contribution is 0.0471. The Morgan fingerprint density at radius 2 is 1.82 bits per heavy atom. The molecule has 2 aromatic rings. The number of halogens is 1. The highest BCUT2D eigenvalue weighted by atomic mass is 19.1. The van der Waals surface area contributed by atoms with Crippen LogP contribution < -0.4 is 4.74 Å². The summed E-state index contributed by atoms with van der Waals surface area (Å²) in [6, 6.07) is 8.96. The second-order valence-electron chi connectivity index (χ2n) is 4.39. The maximum Gasteiger partial charge on any atom is 0.342 e. The number of methoxy groups -OCH3 is 1. The van der Waals surface area contributed by atoms with Crippen molar-refractivity contribution < 1.29 is 28.6 Å². The minimum atomic E-state index is -0.855. The van der Waals surface area contributed by atoms with Crippen LogP contribution in [0.5, 0.6) is 11.5 Å². The van der Waals surface area contributed by atoms with Crippen LogP contribution in [-0.2, 0) is 4.74 Å². The largest absolute Gasteiger partial charge is 0.507 e. The Kier molecular flexibility index (Phi) is 4.73. The molecule has 114 valence electrons. The first-order valence-corrected chi connectivity index (χ1v) is 6.34. The summed E-state index contributed by atoms with van der Waals surface area (Å²) in [5.74, 6) is -1.70. The lowest BCUT2D eigenvalue weighted by Gasteiger charge is -2.07. The average molecular weight is 304 g/mol. The summed E-state index contributed by atoms with van der Waals surface area (Å²) >= 11 is 0. The quantitative estimate of drug-likeness (QED) is 0.679. The number of ketones is 1. The molecule has 0 aliphatic rings. The van der Waals surface area contributed by atoms with Gasteiger partial charge in [-0.15, -0.1) is 0 Å². The number of carbonyl (C=O) groups is 2. The fraction of sp³-hybridized carbons (Fsp3) is 0.125. The van der Waals surface area contributed by atoms with Crippen molar-refractivity contribution in [3.8, 4) is 11.5 Å². The Bertz CT molecular complexity index is 694. The van der Waals surface area contributed by atoms with E-state index in [2.05, 4.69) is 0 Å². The second-order valence-corrected chi connectivity index (χ2v) is 4.39. The molecule has 0 spiro atoms. The van der Waals surface area contributed by atoms with E-state index in [1.54, 1.807) is 0 Å². The van der Waals surface area contributed by atoms with Crippen molar-refractivity contribution >= 4 is 11.8 Å². The predicted molar refractivity (Wildman–Crippen MR) is 75.7 cm³/mol. The Hall–Kier alpha value is -2.89. The normalized spacial score (nSPS) is 10.1. The Morgan fingerprint density at radius 1 is 1.14 bits per heavy atom. The Balaban J connectivity index is 2.03. The van der Waals surface area contributed by atoms with Crippen molar-refractivity contribution in [3.63, 3.8) is 0 Å². The highest BCUT2D eigenvalue weighted by Gasteiger charge is 2.16. The first kappa shape index (κ1) is 15.5. The van der Waals surface area contributed by atoms with E-state index < -0.39 is 24.2 Å². The molecule has 2 rings (SSSR count). The lowest BCUT2D eigenvalue weighted by Crippen LogP contribution is -2.14. The second kappa shape index (κ2) is 6.71. The molecule has 0 atom stereocenters. The zero-order valence-corrected chi connectivity index (χ0v) is 11.7. The number of phenols is 1. The van der Waals surface area contributed by atoms with Gasteiger partial charge in [-0.1, -0.05) is 0 Å². The summed E-state index contributed by atoms with van der Waals surface area (Å²) in [5.41, 5.74) is 0.121. The fourth-order valence-electron chi connectivity index (χ4n) is 1.73. The smallest absolute Gasteiger partial charge is 0.342 e. The van der Waals surface area contributed by atoms with E-state index in [9.17, 15) is 19.1 Å². The molecule has 2 aromatic carbocycles. The third-order valence-corrected chi connectivity index (χ3v) is 2.92. The zero-order valence-electron chi connectivity index (χ0n) is 11.7. The molecule has 0 radical (unpaired) electrons. The van der Waals surface area contributed by atoms with Gasteiger partial charge in [0.1, 0.15) is 22.9 Å². The van der Waals surface area contributed by atoms with Gasteiger partial charge < -0.3 is 14.6 Å². The molecule has 0 aliphatic heterocycles. The van der Waals surface area contributed by atoms with Crippen molar-refractivity contribution in [1.29, 1.82) is 0 Å². The molecule has 22 heavy (non-hydrogen) atoms. The molecule has 0 unspecified atom stereocenters. The summed E-state index contributed by atoms with van der Waals surface area (Å²) < 4.78 is 22.6. The summed E-state index contributed by atoms with van der Waals surface area (Å²) in [6.07, 6.45) is 0. The molecule has 0 aromatic heterocycles. The Labute approximate surface area is 125 Å². The number of Topliss-reactive ketones (excluding diaryl/α,β-unsaturated/α-hetero) is 1. The van der Waals surface area contributed by atoms with E-state index in [4.69, 9.17) is 9.47 Å². The van der Waals surface area contributed by atoms with Crippen LogP contribution in [0, 0.1) is 5.82 Å². The molecule has 0 fully saturated rings. The van der Waals surface area contributed by atoms with Gasteiger partial charge >= 0.3 is 5.97 Å². The highest BCUT2D eigenvalue weighted by Crippen LogP contribution is 2.23. The van der Waals surface area contributed by atoms with Gasteiger partial charge in [-0.3, -0.25) is 4.79 Å². The van der Waals surface area contributed by atoms with Crippen LogP contribution in [0.25, 0.3) is 0 Å². The first-order valence-electron chi connectivity index (χ1n) is 6.34. The molecule has 0 bridgehead atoms. The van der Waals surface area contributed by atoms with Crippen LogP contribution in [0.15, 0.2) is 42.5 Å². The minimum Gasteiger partial charge on any atom is -0.507 e. The van der Waals surface area contributed by atoms with E-state index in [-0.39, 0.29) is 16.9 Å². The third kappa shape index (κ3) is 3.60. The SMILES string of the molecule is COc1ccc(O)c(C(=O)OCC(=O)c2ccc(F)cc2)c1. The predicted octanol–water partition coefficient (Wildman–Crippen LogP) is 2.58. The van der Waals surface area contributed by atoms with E-state index >= 15 is 0 Å². The van der Waals surface area contributed by atoms with Gasteiger partial charge in [-0.05, 0) is 42.5 Å². The van der Waals surface area contributed by atoms with E-state index in [1.165, 1.54) is 37.4 Å². The van der Waals surface area contributed by atoms with Crippen LogP contribution in [-0.4, -0.2) is 30.6 Å². The first-order chi connectivity index (χ1) is 10.5. The Morgan fingerprint density at radius 3 is 2.45 bits per heavy atom. The van der Waals surface area contributed by atoms with Gasteiger partial charge in [-0.25, -0.2) is 9.18 Å². The van der Waals surface area contributed by atoms with Crippen LogP contribution in [0.3, 0.4) is 0 Å². The van der Waals surface area contributed by atoms with Crippen molar-refractivity contribution in [1.82, 2.24) is 0 Å².